The zero-order valence-corrected chi connectivity index (χ0v) is 17.5. The summed E-state index contributed by atoms with van der Waals surface area (Å²) in [5.74, 6) is 3.65. The number of nitrogen functional groups attached to an aromatic ring is 2. The summed E-state index contributed by atoms with van der Waals surface area (Å²) in [5.41, 5.74) is 14.4. The van der Waals surface area contributed by atoms with Gasteiger partial charge in [0.05, 0.1) is 0 Å². The van der Waals surface area contributed by atoms with Crippen molar-refractivity contribution in [2.45, 2.75) is 0 Å². The van der Waals surface area contributed by atoms with E-state index in [4.69, 9.17) is 25.4 Å². The Hall–Kier alpha value is -4.78. The Morgan fingerprint density at radius 1 is 0.455 bits per heavy atom. The Bertz CT molecular complexity index is 1240. The monoisotopic (exact) mass is 436 g/mol. The molecule has 0 amide bonds. The van der Waals surface area contributed by atoms with Crippen LogP contribution in [0.15, 0.2) is 101 Å². The molecule has 5 aromatic rings. The van der Waals surface area contributed by atoms with E-state index in [2.05, 4.69) is 10.2 Å². The quantitative estimate of drug-likeness (QED) is 0.307. The fraction of sp³-hybridized carbons (Fsp3) is 0. The second-order valence-electron chi connectivity index (χ2n) is 7.30. The molecule has 0 saturated carbocycles. The van der Waals surface area contributed by atoms with Gasteiger partial charge in [-0.25, -0.2) is 0 Å². The molecule has 1 aromatic heterocycles. The molecule has 0 aliphatic rings. The fourth-order valence-corrected chi connectivity index (χ4v) is 3.13. The van der Waals surface area contributed by atoms with Gasteiger partial charge in [0.25, 0.3) is 0 Å². The van der Waals surface area contributed by atoms with Gasteiger partial charge in [-0.2, -0.15) is 0 Å². The zero-order valence-electron chi connectivity index (χ0n) is 17.5. The van der Waals surface area contributed by atoms with Gasteiger partial charge in [0, 0.05) is 22.5 Å². The highest BCUT2D eigenvalue weighted by Gasteiger charge is 2.11. The Morgan fingerprint density at radius 2 is 0.758 bits per heavy atom. The van der Waals surface area contributed by atoms with Crippen molar-refractivity contribution in [2.75, 3.05) is 11.5 Å². The molecule has 0 fully saturated rings. The van der Waals surface area contributed by atoms with Gasteiger partial charge in [0.1, 0.15) is 23.0 Å². The molecular formula is C26H20N4O3. The second kappa shape index (κ2) is 8.76. The zero-order chi connectivity index (χ0) is 22.6. The molecule has 4 aromatic carbocycles. The van der Waals surface area contributed by atoms with E-state index in [9.17, 15) is 0 Å². The number of ether oxygens (including phenoxy) is 2. The summed E-state index contributed by atoms with van der Waals surface area (Å²) >= 11 is 0. The maximum absolute atomic E-state index is 5.87. The van der Waals surface area contributed by atoms with Crippen molar-refractivity contribution in [1.82, 2.24) is 10.2 Å². The molecule has 0 aliphatic carbocycles. The maximum atomic E-state index is 5.87. The molecule has 7 nitrogen and oxygen atoms in total. The van der Waals surface area contributed by atoms with E-state index in [-0.39, 0.29) is 0 Å². The average Bonchev–Trinajstić information content (AvgIpc) is 3.33. The van der Waals surface area contributed by atoms with Crippen molar-refractivity contribution in [3.8, 4) is 45.9 Å². The topological polar surface area (TPSA) is 109 Å². The smallest absolute Gasteiger partial charge is 0.248 e. The van der Waals surface area contributed by atoms with Crippen LogP contribution >= 0.6 is 0 Å². The molecule has 0 spiro atoms. The van der Waals surface area contributed by atoms with Crippen LogP contribution in [0.3, 0.4) is 0 Å². The number of benzene rings is 4. The molecule has 7 heteroatoms. The van der Waals surface area contributed by atoms with Crippen molar-refractivity contribution in [3.63, 3.8) is 0 Å². The van der Waals surface area contributed by atoms with Crippen LogP contribution in [-0.4, -0.2) is 10.2 Å². The minimum Gasteiger partial charge on any atom is -0.457 e. The second-order valence-corrected chi connectivity index (χ2v) is 7.30. The predicted octanol–water partition coefficient (Wildman–Crippen LogP) is 6.15. The molecule has 4 N–H and O–H groups in total. The molecule has 0 aliphatic heterocycles. The van der Waals surface area contributed by atoms with Crippen LogP contribution in [0, 0.1) is 0 Å². The van der Waals surface area contributed by atoms with E-state index >= 15 is 0 Å². The highest BCUT2D eigenvalue weighted by atomic mass is 16.5. The van der Waals surface area contributed by atoms with Gasteiger partial charge < -0.3 is 25.4 Å². The van der Waals surface area contributed by atoms with Crippen LogP contribution in [0.5, 0.6) is 23.0 Å². The number of aromatic nitrogens is 2. The highest BCUT2D eigenvalue weighted by molar-refractivity contribution is 5.59. The van der Waals surface area contributed by atoms with Crippen molar-refractivity contribution in [2.24, 2.45) is 0 Å². The Kier molecular flexibility index (Phi) is 5.35. The molecule has 33 heavy (non-hydrogen) atoms. The van der Waals surface area contributed by atoms with E-state index in [0.717, 1.165) is 11.1 Å². The summed E-state index contributed by atoms with van der Waals surface area (Å²) in [6.45, 7) is 0. The number of anilines is 2. The number of nitrogens with two attached hydrogens (primary N) is 2. The summed E-state index contributed by atoms with van der Waals surface area (Å²) in [6.07, 6.45) is 0. The third-order valence-electron chi connectivity index (χ3n) is 4.86. The van der Waals surface area contributed by atoms with Crippen LogP contribution in [0.2, 0.25) is 0 Å². The highest BCUT2D eigenvalue weighted by Crippen LogP contribution is 2.29. The first-order chi connectivity index (χ1) is 16.1. The maximum Gasteiger partial charge on any atom is 0.248 e. The van der Waals surface area contributed by atoms with Gasteiger partial charge in [-0.1, -0.05) is 0 Å². The first-order valence-electron chi connectivity index (χ1n) is 10.2. The lowest BCUT2D eigenvalue weighted by molar-refractivity contribution is 0.482. The SMILES string of the molecule is Nc1ccc(Oc2ccc(-c3nnc(-c4ccc(Oc5ccc(N)cc5)cc4)o3)cc2)cc1. The van der Waals surface area contributed by atoms with Crippen LogP contribution in [0.4, 0.5) is 11.4 Å². The minimum absolute atomic E-state index is 0.422. The van der Waals surface area contributed by atoms with E-state index in [1.165, 1.54) is 0 Å². The van der Waals surface area contributed by atoms with Crippen molar-refractivity contribution < 1.29 is 13.9 Å². The Balaban J connectivity index is 1.26. The van der Waals surface area contributed by atoms with Gasteiger partial charge in [-0.15, -0.1) is 10.2 Å². The third kappa shape index (κ3) is 4.77. The van der Waals surface area contributed by atoms with E-state index in [1.807, 2.05) is 72.8 Å². The van der Waals surface area contributed by atoms with E-state index in [1.54, 1.807) is 24.3 Å². The number of rotatable bonds is 6. The molecule has 0 atom stereocenters. The number of nitrogens with zero attached hydrogens (tertiary/aromatic N) is 2. The normalized spacial score (nSPS) is 10.7. The molecular weight excluding hydrogens is 416 g/mol. The molecule has 0 bridgehead atoms. The third-order valence-corrected chi connectivity index (χ3v) is 4.86. The van der Waals surface area contributed by atoms with Gasteiger partial charge in [-0.05, 0) is 97.1 Å². The molecule has 0 unspecified atom stereocenters. The lowest BCUT2D eigenvalue weighted by Gasteiger charge is -2.06. The molecule has 0 saturated heterocycles. The van der Waals surface area contributed by atoms with Gasteiger partial charge in [0.2, 0.25) is 11.8 Å². The average molecular weight is 436 g/mol. The van der Waals surface area contributed by atoms with Crippen LogP contribution in [0.25, 0.3) is 22.9 Å². The van der Waals surface area contributed by atoms with Crippen molar-refractivity contribution in [1.29, 1.82) is 0 Å². The van der Waals surface area contributed by atoms with Crippen LogP contribution in [-0.2, 0) is 0 Å². The van der Waals surface area contributed by atoms with Crippen LogP contribution < -0.4 is 20.9 Å². The summed E-state index contributed by atoms with van der Waals surface area (Å²) in [5, 5.41) is 8.34. The van der Waals surface area contributed by atoms with E-state index < -0.39 is 0 Å². The summed E-state index contributed by atoms with van der Waals surface area (Å²) in [6, 6.07) is 29.3. The van der Waals surface area contributed by atoms with Gasteiger partial charge in [-0.3, -0.25) is 0 Å². The summed E-state index contributed by atoms with van der Waals surface area (Å²) in [4.78, 5) is 0. The molecule has 162 valence electrons. The lowest BCUT2D eigenvalue weighted by atomic mass is 10.2. The number of hydrogen-bond donors (Lipinski definition) is 2. The molecule has 5 rings (SSSR count). The van der Waals surface area contributed by atoms with Crippen LogP contribution in [0.1, 0.15) is 0 Å². The van der Waals surface area contributed by atoms with Gasteiger partial charge in [0.15, 0.2) is 0 Å². The Morgan fingerprint density at radius 3 is 1.09 bits per heavy atom. The predicted molar refractivity (Wildman–Crippen MR) is 127 cm³/mol. The number of hydrogen-bond acceptors (Lipinski definition) is 7. The summed E-state index contributed by atoms with van der Waals surface area (Å²) in [7, 11) is 0. The standard InChI is InChI=1S/C26H20N4O3/c27-19-5-13-23(14-6-19)31-21-9-1-17(2-10-21)25-29-30-26(33-25)18-3-11-22(12-4-18)32-24-15-7-20(28)8-16-24/h1-16H,27-28H2. The molecule has 1 heterocycles. The minimum atomic E-state index is 0.422. The Labute approximate surface area is 190 Å². The summed E-state index contributed by atoms with van der Waals surface area (Å²) < 4.78 is 17.5. The fourth-order valence-electron chi connectivity index (χ4n) is 3.13. The van der Waals surface area contributed by atoms with E-state index in [0.29, 0.717) is 46.2 Å². The first kappa shape index (κ1) is 20.1. The van der Waals surface area contributed by atoms with Crippen molar-refractivity contribution >= 4 is 11.4 Å². The van der Waals surface area contributed by atoms with Gasteiger partial charge >= 0.3 is 0 Å². The lowest BCUT2D eigenvalue weighted by Crippen LogP contribution is -1.87. The first-order valence-corrected chi connectivity index (χ1v) is 10.2. The van der Waals surface area contributed by atoms with Crippen molar-refractivity contribution in [3.05, 3.63) is 97.1 Å². The molecule has 0 radical (unpaired) electrons. The largest absolute Gasteiger partial charge is 0.457 e.